The van der Waals surface area contributed by atoms with E-state index in [-0.39, 0.29) is 6.29 Å². The summed E-state index contributed by atoms with van der Waals surface area (Å²) >= 11 is 0. The van der Waals surface area contributed by atoms with Crippen LogP contribution in [0.5, 0.6) is 0 Å². The first-order valence-electron chi connectivity index (χ1n) is 10.2. The fraction of sp³-hybridized carbons (Fsp3) is 0.111. The molecule has 0 radical (unpaired) electrons. The number of rotatable bonds is 5. The van der Waals surface area contributed by atoms with Crippen LogP contribution >= 0.6 is 0 Å². The van der Waals surface area contributed by atoms with Crippen LogP contribution < -0.4 is 4.90 Å². The van der Waals surface area contributed by atoms with Gasteiger partial charge in [-0.2, -0.15) is 0 Å². The van der Waals surface area contributed by atoms with Gasteiger partial charge in [0.05, 0.1) is 18.9 Å². The third kappa shape index (κ3) is 3.73. The molecular formula is C27H23NO2. The molecular weight excluding hydrogens is 370 g/mol. The van der Waals surface area contributed by atoms with Gasteiger partial charge < -0.3 is 14.4 Å². The molecule has 0 amide bonds. The number of hydrogen-bond acceptors (Lipinski definition) is 3. The fourth-order valence-corrected chi connectivity index (χ4v) is 3.86. The van der Waals surface area contributed by atoms with Gasteiger partial charge in [0.25, 0.3) is 0 Å². The van der Waals surface area contributed by atoms with Gasteiger partial charge in [-0.25, -0.2) is 0 Å². The Hall–Kier alpha value is -3.40. The average Bonchev–Trinajstić information content (AvgIpc) is 3.36. The Bertz CT molecular complexity index is 1050. The summed E-state index contributed by atoms with van der Waals surface area (Å²) in [6.07, 6.45) is -0.251. The molecule has 1 saturated heterocycles. The van der Waals surface area contributed by atoms with Crippen molar-refractivity contribution in [1.82, 2.24) is 0 Å². The second-order valence-electron chi connectivity index (χ2n) is 7.22. The molecule has 0 aromatic heterocycles. The zero-order valence-electron chi connectivity index (χ0n) is 16.6. The number of hydrogen-bond donors (Lipinski definition) is 0. The molecule has 0 unspecified atom stereocenters. The lowest BCUT2D eigenvalue weighted by Gasteiger charge is -2.27. The summed E-state index contributed by atoms with van der Waals surface area (Å²) in [6.45, 7) is 1.30. The molecule has 4 aromatic rings. The molecule has 4 aromatic carbocycles. The molecule has 0 saturated carbocycles. The normalized spacial score (nSPS) is 14.0. The molecule has 1 heterocycles. The largest absolute Gasteiger partial charge is 0.346 e. The SMILES string of the molecule is c1ccc(N(c2ccccc2)c2ccccc2-c2ccc(C3OCCO3)cc2)cc1. The monoisotopic (exact) mass is 393 g/mol. The van der Waals surface area contributed by atoms with E-state index in [4.69, 9.17) is 9.47 Å². The van der Waals surface area contributed by atoms with Gasteiger partial charge in [-0.05, 0) is 35.9 Å². The van der Waals surface area contributed by atoms with Crippen molar-refractivity contribution in [3.8, 4) is 11.1 Å². The molecule has 0 N–H and O–H groups in total. The first-order valence-corrected chi connectivity index (χ1v) is 10.2. The smallest absolute Gasteiger partial charge is 0.184 e. The van der Waals surface area contributed by atoms with E-state index in [0.717, 1.165) is 28.2 Å². The summed E-state index contributed by atoms with van der Waals surface area (Å²) in [7, 11) is 0. The maximum atomic E-state index is 5.63. The second-order valence-corrected chi connectivity index (χ2v) is 7.22. The maximum absolute atomic E-state index is 5.63. The summed E-state index contributed by atoms with van der Waals surface area (Å²) in [4.78, 5) is 2.30. The Labute approximate surface area is 177 Å². The van der Waals surface area contributed by atoms with E-state index in [1.807, 2.05) is 12.1 Å². The average molecular weight is 393 g/mol. The van der Waals surface area contributed by atoms with Gasteiger partial charge in [0.15, 0.2) is 6.29 Å². The zero-order valence-corrected chi connectivity index (χ0v) is 16.6. The van der Waals surface area contributed by atoms with Crippen LogP contribution in [-0.2, 0) is 9.47 Å². The second kappa shape index (κ2) is 8.54. The predicted molar refractivity (Wildman–Crippen MR) is 121 cm³/mol. The van der Waals surface area contributed by atoms with E-state index in [2.05, 4.69) is 102 Å². The Balaban J connectivity index is 1.59. The lowest BCUT2D eigenvalue weighted by molar-refractivity contribution is -0.0441. The topological polar surface area (TPSA) is 21.7 Å². The fourth-order valence-electron chi connectivity index (χ4n) is 3.86. The van der Waals surface area contributed by atoms with Crippen LogP contribution in [0.15, 0.2) is 109 Å². The van der Waals surface area contributed by atoms with Crippen molar-refractivity contribution in [3.05, 3.63) is 115 Å². The number of anilines is 3. The van der Waals surface area contributed by atoms with Crippen LogP contribution in [0.1, 0.15) is 11.9 Å². The van der Waals surface area contributed by atoms with Crippen molar-refractivity contribution < 1.29 is 9.47 Å². The molecule has 1 fully saturated rings. The van der Waals surface area contributed by atoms with Crippen molar-refractivity contribution >= 4 is 17.1 Å². The van der Waals surface area contributed by atoms with E-state index in [0.29, 0.717) is 13.2 Å². The molecule has 148 valence electrons. The molecule has 30 heavy (non-hydrogen) atoms. The molecule has 3 nitrogen and oxygen atoms in total. The van der Waals surface area contributed by atoms with Crippen molar-refractivity contribution in [1.29, 1.82) is 0 Å². The highest BCUT2D eigenvalue weighted by molar-refractivity contribution is 5.87. The van der Waals surface area contributed by atoms with Gasteiger partial charge in [0.2, 0.25) is 0 Å². The first-order chi connectivity index (χ1) is 14.9. The van der Waals surface area contributed by atoms with Gasteiger partial charge in [-0.1, -0.05) is 78.9 Å². The van der Waals surface area contributed by atoms with Gasteiger partial charge in [-0.3, -0.25) is 0 Å². The van der Waals surface area contributed by atoms with Crippen molar-refractivity contribution in [2.45, 2.75) is 6.29 Å². The summed E-state index contributed by atoms with van der Waals surface area (Å²) in [5.41, 5.74) is 6.77. The van der Waals surface area contributed by atoms with Gasteiger partial charge in [0.1, 0.15) is 0 Å². The Morgan fingerprint density at radius 3 is 1.70 bits per heavy atom. The minimum atomic E-state index is -0.251. The molecule has 1 aliphatic heterocycles. The molecule has 3 heteroatoms. The third-order valence-corrected chi connectivity index (χ3v) is 5.29. The third-order valence-electron chi connectivity index (χ3n) is 5.29. The number of benzene rings is 4. The van der Waals surface area contributed by atoms with Crippen molar-refractivity contribution in [3.63, 3.8) is 0 Å². The van der Waals surface area contributed by atoms with Crippen LogP contribution in [0.3, 0.4) is 0 Å². The first kappa shape index (κ1) is 18.6. The molecule has 0 aliphatic carbocycles. The van der Waals surface area contributed by atoms with Gasteiger partial charge in [0, 0.05) is 22.5 Å². The highest BCUT2D eigenvalue weighted by atomic mass is 16.7. The van der Waals surface area contributed by atoms with Gasteiger partial charge >= 0.3 is 0 Å². The van der Waals surface area contributed by atoms with Crippen LogP contribution in [0.2, 0.25) is 0 Å². The Morgan fingerprint density at radius 2 is 1.10 bits per heavy atom. The zero-order chi connectivity index (χ0) is 20.2. The minimum absolute atomic E-state index is 0.251. The van der Waals surface area contributed by atoms with E-state index in [9.17, 15) is 0 Å². The summed E-state index contributed by atoms with van der Waals surface area (Å²) < 4.78 is 11.3. The molecule has 0 spiro atoms. The number of ether oxygens (including phenoxy) is 2. The van der Waals surface area contributed by atoms with Crippen LogP contribution in [0.25, 0.3) is 11.1 Å². The standard InChI is InChI=1S/C27H23NO2/c1-3-9-23(10-4-1)28(24-11-5-2-6-12-24)26-14-8-7-13-25(26)21-15-17-22(18-16-21)27-29-19-20-30-27/h1-18,27H,19-20H2. The summed E-state index contributed by atoms with van der Waals surface area (Å²) in [5.74, 6) is 0. The van der Waals surface area contributed by atoms with E-state index in [1.54, 1.807) is 0 Å². The maximum Gasteiger partial charge on any atom is 0.184 e. The molecule has 5 rings (SSSR count). The predicted octanol–water partition coefficient (Wildman–Crippen LogP) is 6.87. The lowest BCUT2D eigenvalue weighted by Crippen LogP contribution is -2.10. The highest BCUT2D eigenvalue weighted by Crippen LogP contribution is 2.40. The van der Waals surface area contributed by atoms with Crippen LogP contribution in [0.4, 0.5) is 17.1 Å². The van der Waals surface area contributed by atoms with Crippen molar-refractivity contribution in [2.75, 3.05) is 18.1 Å². The van der Waals surface area contributed by atoms with Crippen LogP contribution in [0, 0.1) is 0 Å². The minimum Gasteiger partial charge on any atom is -0.346 e. The molecule has 0 bridgehead atoms. The van der Waals surface area contributed by atoms with E-state index in [1.165, 1.54) is 5.56 Å². The van der Waals surface area contributed by atoms with E-state index < -0.39 is 0 Å². The Kier molecular flexibility index (Phi) is 5.30. The quantitative estimate of drug-likeness (QED) is 0.369. The highest BCUT2D eigenvalue weighted by Gasteiger charge is 2.19. The van der Waals surface area contributed by atoms with Crippen molar-refractivity contribution in [2.24, 2.45) is 0 Å². The lowest BCUT2D eigenvalue weighted by atomic mass is 10.0. The molecule has 1 aliphatic rings. The summed E-state index contributed by atoms with van der Waals surface area (Å²) in [6, 6.07) is 38.0. The Morgan fingerprint density at radius 1 is 0.567 bits per heavy atom. The van der Waals surface area contributed by atoms with E-state index >= 15 is 0 Å². The molecule has 0 atom stereocenters. The van der Waals surface area contributed by atoms with Gasteiger partial charge in [-0.15, -0.1) is 0 Å². The van der Waals surface area contributed by atoms with Crippen LogP contribution in [-0.4, -0.2) is 13.2 Å². The number of para-hydroxylation sites is 3. The summed E-state index contributed by atoms with van der Waals surface area (Å²) in [5, 5.41) is 0. The number of nitrogens with zero attached hydrogens (tertiary/aromatic N) is 1.